The molecule has 2 aliphatic rings. The van der Waals surface area contributed by atoms with Crippen molar-refractivity contribution >= 4 is 29.3 Å². The van der Waals surface area contributed by atoms with E-state index in [4.69, 9.17) is 4.74 Å². The number of carbonyl (C=O) groups excluding carboxylic acids is 2. The van der Waals surface area contributed by atoms with Gasteiger partial charge in [-0.15, -0.1) is 11.8 Å². The molecule has 3 N–H and O–H groups in total. The predicted molar refractivity (Wildman–Crippen MR) is 137 cm³/mol. The maximum Gasteiger partial charge on any atom is 0.241 e. The quantitative estimate of drug-likeness (QED) is 0.438. The van der Waals surface area contributed by atoms with Crippen LogP contribution in [0.5, 0.6) is 5.75 Å². The van der Waals surface area contributed by atoms with Gasteiger partial charge in [0.2, 0.25) is 11.8 Å². The van der Waals surface area contributed by atoms with Gasteiger partial charge < -0.3 is 20.3 Å². The van der Waals surface area contributed by atoms with Gasteiger partial charge in [0, 0.05) is 36.3 Å². The molecule has 3 heterocycles. The van der Waals surface area contributed by atoms with E-state index < -0.39 is 0 Å². The standard InChI is InChI=1S/C26H29N5O3S/c1-34-21-6-4-18-13-27-23(11-19(18)10-21)26(33)30-22-7-5-17(20-14-28-29-15-20)12-24(22)35-16-25(32)31-8-2-3-9-31/h4-7,10,12,14-15,23,27H,2-3,8-9,11,13,16H2,1H3,(H,28,29)(H,30,33)/t23-/m1/s1. The number of nitrogens with zero attached hydrogens (tertiary/aromatic N) is 2. The molecule has 2 aliphatic heterocycles. The number of H-pyrrole nitrogens is 1. The Morgan fingerprint density at radius 2 is 2.00 bits per heavy atom. The Morgan fingerprint density at radius 3 is 2.77 bits per heavy atom. The van der Waals surface area contributed by atoms with Crippen LogP contribution in [0.25, 0.3) is 11.1 Å². The lowest BCUT2D eigenvalue weighted by molar-refractivity contribution is -0.127. The summed E-state index contributed by atoms with van der Waals surface area (Å²) in [5.74, 6) is 1.17. The summed E-state index contributed by atoms with van der Waals surface area (Å²) in [6.07, 6.45) is 6.31. The maximum absolute atomic E-state index is 13.2. The lowest BCUT2D eigenvalue weighted by atomic mass is 9.95. The topological polar surface area (TPSA) is 99.3 Å². The number of rotatable bonds is 7. The zero-order chi connectivity index (χ0) is 24.2. The average Bonchev–Trinajstić information content (AvgIpc) is 3.62. The van der Waals surface area contributed by atoms with Gasteiger partial charge in [-0.25, -0.2) is 0 Å². The SMILES string of the molecule is COc1ccc2c(c1)C[C@H](C(=O)Nc1ccc(-c3cn[nH]c3)cc1SCC(=O)N1CCCC1)NC2. The van der Waals surface area contributed by atoms with Gasteiger partial charge in [0.15, 0.2) is 0 Å². The molecule has 1 atom stereocenters. The molecule has 2 amide bonds. The first-order chi connectivity index (χ1) is 17.1. The number of aromatic nitrogens is 2. The molecule has 2 aromatic carbocycles. The number of hydrogen-bond acceptors (Lipinski definition) is 6. The van der Waals surface area contributed by atoms with Gasteiger partial charge in [-0.05, 0) is 60.2 Å². The molecule has 3 aromatic rings. The molecule has 35 heavy (non-hydrogen) atoms. The number of methoxy groups -OCH3 is 1. The summed E-state index contributed by atoms with van der Waals surface area (Å²) in [4.78, 5) is 28.7. The zero-order valence-corrected chi connectivity index (χ0v) is 20.5. The molecule has 0 unspecified atom stereocenters. The minimum Gasteiger partial charge on any atom is -0.497 e. The second-order valence-corrected chi connectivity index (χ2v) is 9.85. The lowest BCUT2D eigenvalue weighted by Crippen LogP contribution is -2.44. The molecule has 0 spiro atoms. The van der Waals surface area contributed by atoms with Crippen LogP contribution in [-0.2, 0) is 22.6 Å². The summed E-state index contributed by atoms with van der Waals surface area (Å²) in [5.41, 5.74) is 4.93. The minimum absolute atomic E-state index is 0.0951. The van der Waals surface area contributed by atoms with E-state index in [0.29, 0.717) is 24.4 Å². The third-order valence-corrected chi connectivity index (χ3v) is 7.61. The second kappa shape index (κ2) is 10.5. The van der Waals surface area contributed by atoms with Crippen LogP contribution in [0.3, 0.4) is 0 Å². The van der Waals surface area contributed by atoms with Crippen LogP contribution >= 0.6 is 11.8 Å². The molecule has 0 aliphatic carbocycles. The molecule has 9 heteroatoms. The summed E-state index contributed by atoms with van der Waals surface area (Å²) < 4.78 is 5.35. The molecule has 1 saturated heterocycles. The molecule has 1 fully saturated rings. The number of ether oxygens (including phenoxy) is 1. The van der Waals surface area contributed by atoms with Crippen LogP contribution in [0.2, 0.25) is 0 Å². The number of carbonyl (C=O) groups is 2. The van der Waals surface area contributed by atoms with E-state index in [-0.39, 0.29) is 17.9 Å². The molecule has 1 aromatic heterocycles. The van der Waals surface area contributed by atoms with Crippen LogP contribution in [0.4, 0.5) is 5.69 Å². The van der Waals surface area contributed by atoms with Crippen LogP contribution in [0, 0.1) is 0 Å². The number of fused-ring (bicyclic) bond motifs is 1. The summed E-state index contributed by atoms with van der Waals surface area (Å²) in [5, 5.41) is 13.3. The highest BCUT2D eigenvalue weighted by Gasteiger charge is 2.26. The monoisotopic (exact) mass is 491 g/mol. The van der Waals surface area contributed by atoms with Crippen molar-refractivity contribution in [3.8, 4) is 16.9 Å². The number of thioether (sulfide) groups is 1. The van der Waals surface area contributed by atoms with Crippen molar-refractivity contribution in [3.63, 3.8) is 0 Å². The largest absolute Gasteiger partial charge is 0.497 e. The van der Waals surface area contributed by atoms with Crippen LogP contribution < -0.4 is 15.4 Å². The van der Waals surface area contributed by atoms with Gasteiger partial charge in [0.25, 0.3) is 0 Å². The zero-order valence-electron chi connectivity index (χ0n) is 19.7. The van der Waals surface area contributed by atoms with E-state index in [1.807, 2.05) is 47.5 Å². The second-order valence-electron chi connectivity index (χ2n) is 8.84. The van der Waals surface area contributed by atoms with Crippen molar-refractivity contribution in [2.24, 2.45) is 0 Å². The summed E-state index contributed by atoms with van der Waals surface area (Å²) in [6.45, 7) is 2.29. The van der Waals surface area contributed by atoms with E-state index >= 15 is 0 Å². The van der Waals surface area contributed by atoms with Crippen molar-refractivity contribution < 1.29 is 14.3 Å². The Bertz CT molecular complexity index is 1210. The molecule has 0 radical (unpaired) electrons. The highest BCUT2D eigenvalue weighted by molar-refractivity contribution is 8.00. The Labute approximate surface area is 208 Å². The van der Waals surface area contributed by atoms with Crippen LogP contribution in [0.15, 0.2) is 53.7 Å². The van der Waals surface area contributed by atoms with E-state index in [2.05, 4.69) is 20.8 Å². The number of nitrogens with one attached hydrogen (secondary N) is 3. The van der Waals surface area contributed by atoms with E-state index in [1.54, 1.807) is 13.3 Å². The molecule has 5 rings (SSSR count). The fraction of sp³-hybridized carbons (Fsp3) is 0.346. The van der Waals surface area contributed by atoms with Crippen LogP contribution in [0.1, 0.15) is 24.0 Å². The number of hydrogen-bond donors (Lipinski definition) is 3. The van der Waals surface area contributed by atoms with Gasteiger partial charge in [-0.1, -0.05) is 12.1 Å². The Hall–Kier alpha value is -3.30. The Balaban J connectivity index is 1.33. The normalized spacial score (nSPS) is 17.2. The van der Waals surface area contributed by atoms with Gasteiger partial charge in [-0.3, -0.25) is 14.7 Å². The smallest absolute Gasteiger partial charge is 0.241 e. The highest BCUT2D eigenvalue weighted by Crippen LogP contribution is 2.33. The number of aromatic amines is 1. The van der Waals surface area contributed by atoms with Gasteiger partial charge in [0.05, 0.1) is 30.8 Å². The number of likely N-dealkylation sites (tertiary alicyclic amines) is 1. The van der Waals surface area contributed by atoms with Crippen molar-refractivity contribution in [1.29, 1.82) is 0 Å². The lowest BCUT2D eigenvalue weighted by Gasteiger charge is -2.26. The van der Waals surface area contributed by atoms with Crippen molar-refractivity contribution in [1.82, 2.24) is 20.4 Å². The third kappa shape index (κ3) is 5.36. The van der Waals surface area contributed by atoms with Gasteiger partial charge in [-0.2, -0.15) is 5.10 Å². The van der Waals surface area contributed by atoms with E-state index in [0.717, 1.165) is 53.3 Å². The van der Waals surface area contributed by atoms with Crippen LogP contribution in [-0.4, -0.2) is 58.9 Å². The first-order valence-corrected chi connectivity index (χ1v) is 12.8. The maximum atomic E-state index is 13.2. The van der Waals surface area contributed by atoms with Crippen molar-refractivity contribution in [2.75, 3.05) is 31.3 Å². The molecular formula is C26H29N5O3S. The van der Waals surface area contributed by atoms with Crippen molar-refractivity contribution in [3.05, 3.63) is 59.9 Å². The first-order valence-electron chi connectivity index (χ1n) is 11.8. The van der Waals surface area contributed by atoms with E-state index in [9.17, 15) is 9.59 Å². The molecule has 0 saturated carbocycles. The number of amides is 2. The predicted octanol–water partition coefficient (Wildman–Crippen LogP) is 3.45. The first kappa shape index (κ1) is 23.4. The fourth-order valence-corrected chi connectivity index (χ4v) is 5.50. The summed E-state index contributed by atoms with van der Waals surface area (Å²) in [6, 6.07) is 11.5. The molecular weight excluding hydrogens is 462 g/mol. The molecule has 8 nitrogen and oxygen atoms in total. The van der Waals surface area contributed by atoms with Gasteiger partial charge >= 0.3 is 0 Å². The summed E-state index contributed by atoms with van der Waals surface area (Å²) >= 11 is 1.46. The molecule has 0 bridgehead atoms. The van der Waals surface area contributed by atoms with E-state index in [1.165, 1.54) is 17.3 Å². The minimum atomic E-state index is -0.354. The average molecular weight is 492 g/mol. The Morgan fingerprint density at radius 1 is 1.14 bits per heavy atom. The fourth-order valence-electron chi connectivity index (χ4n) is 4.55. The summed E-state index contributed by atoms with van der Waals surface area (Å²) in [7, 11) is 1.65. The highest BCUT2D eigenvalue weighted by atomic mass is 32.2. The van der Waals surface area contributed by atoms with Gasteiger partial charge in [0.1, 0.15) is 5.75 Å². The number of benzene rings is 2. The number of anilines is 1. The molecule has 182 valence electrons. The third-order valence-electron chi connectivity index (χ3n) is 6.57. The Kier molecular flexibility index (Phi) is 7.06. The van der Waals surface area contributed by atoms with Crippen molar-refractivity contribution in [2.45, 2.75) is 36.7 Å².